The van der Waals surface area contributed by atoms with Crippen molar-refractivity contribution in [2.24, 2.45) is 0 Å². The standard InChI is InChI=1S/C18H13F3N2O3/c1-10-2-4-11(5-3-10)14-9-16(18(19,20)21)22-23(14)12-6-7-15(24)13(8-12)17(25)26/h2-9,24H,1H3,(H,25,26). The van der Waals surface area contributed by atoms with Gasteiger partial charge in [-0.05, 0) is 31.2 Å². The first-order valence-corrected chi connectivity index (χ1v) is 7.48. The molecule has 5 nitrogen and oxygen atoms in total. The average molecular weight is 362 g/mol. The van der Waals surface area contributed by atoms with Gasteiger partial charge in [0.05, 0.1) is 11.4 Å². The van der Waals surface area contributed by atoms with Gasteiger partial charge in [0.1, 0.15) is 11.3 Å². The molecule has 0 unspecified atom stereocenters. The molecule has 1 heterocycles. The van der Waals surface area contributed by atoms with E-state index in [4.69, 9.17) is 5.11 Å². The fourth-order valence-electron chi connectivity index (χ4n) is 2.47. The maximum absolute atomic E-state index is 13.1. The van der Waals surface area contributed by atoms with Gasteiger partial charge in [0.15, 0.2) is 5.69 Å². The molecule has 0 saturated carbocycles. The van der Waals surface area contributed by atoms with Crippen LogP contribution in [0.1, 0.15) is 21.6 Å². The van der Waals surface area contributed by atoms with Crippen LogP contribution in [0.4, 0.5) is 13.2 Å². The van der Waals surface area contributed by atoms with E-state index in [-0.39, 0.29) is 11.4 Å². The molecule has 0 aliphatic rings. The molecule has 0 radical (unpaired) electrons. The molecule has 2 N–H and O–H groups in total. The van der Waals surface area contributed by atoms with Crippen LogP contribution in [0.25, 0.3) is 16.9 Å². The maximum Gasteiger partial charge on any atom is 0.435 e. The van der Waals surface area contributed by atoms with Crippen molar-refractivity contribution in [3.8, 4) is 22.7 Å². The summed E-state index contributed by atoms with van der Waals surface area (Å²) in [5, 5.41) is 22.3. The summed E-state index contributed by atoms with van der Waals surface area (Å²) in [7, 11) is 0. The number of phenols is 1. The molecule has 8 heteroatoms. The van der Waals surface area contributed by atoms with Crippen molar-refractivity contribution in [2.45, 2.75) is 13.1 Å². The molecule has 2 aromatic carbocycles. The summed E-state index contributed by atoms with van der Waals surface area (Å²) in [4.78, 5) is 11.2. The third kappa shape index (κ3) is 3.26. The van der Waals surface area contributed by atoms with Gasteiger partial charge in [0, 0.05) is 5.56 Å². The Morgan fingerprint density at radius 2 is 1.73 bits per heavy atom. The molecule has 0 fully saturated rings. The number of rotatable bonds is 3. The average Bonchev–Trinajstić information content (AvgIpc) is 3.01. The van der Waals surface area contributed by atoms with E-state index in [1.54, 1.807) is 24.3 Å². The number of carboxylic acid groups (broad SMARTS) is 1. The van der Waals surface area contributed by atoms with E-state index in [1.165, 1.54) is 6.07 Å². The number of nitrogens with zero attached hydrogens (tertiary/aromatic N) is 2. The van der Waals surface area contributed by atoms with E-state index in [2.05, 4.69) is 5.10 Å². The molecular weight excluding hydrogens is 349 g/mol. The van der Waals surface area contributed by atoms with Crippen LogP contribution in [0, 0.1) is 6.92 Å². The Hall–Kier alpha value is -3.29. The van der Waals surface area contributed by atoms with Crippen LogP contribution >= 0.6 is 0 Å². The van der Waals surface area contributed by atoms with Crippen LogP contribution < -0.4 is 0 Å². The minimum Gasteiger partial charge on any atom is -0.507 e. The summed E-state index contributed by atoms with van der Waals surface area (Å²) in [6, 6.07) is 11.2. The number of aryl methyl sites for hydroxylation is 1. The first-order chi connectivity index (χ1) is 12.2. The number of benzene rings is 2. The molecule has 3 rings (SSSR count). The van der Waals surface area contributed by atoms with Crippen LogP contribution in [0.15, 0.2) is 48.5 Å². The van der Waals surface area contributed by atoms with E-state index in [0.717, 1.165) is 28.4 Å². The maximum atomic E-state index is 13.1. The highest BCUT2D eigenvalue weighted by molar-refractivity contribution is 5.91. The van der Waals surface area contributed by atoms with Crippen molar-refractivity contribution in [3.05, 3.63) is 65.4 Å². The molecular formula is C18H13F3N2O3. The minimum absolute atomic E-state index is 0.0891. The Balaban J connectivity index is 2.23. The van der Waals surface area contributed by atoms with Crippen molar-refractivity contribution in [2.75, 3.05) is 0 Å². The molecule has 0 aliphatic carbocycles. The zero-order valence-electron chi connectivity index (χ0n) is 13.4. The summed E-state index contributed by atoms with van der Waals surface area (Å²) in [5.74, 6) is -1.88. The zero-order valence-corrected chi connectivity index (χ0v) is 13.4. The predicted octanol–water partition coefficient (Wildman–Crippen LogP) is 4.27. The van der Waals surface area contributed by atoms with Gasteiger partial charge in [-0.2, -0.15) is 18.3 Å². The summed E-state index contributed by atoms with van der Waals surface area (Å²) in [6.07, 6.45) is -4.66. The number of hydrogen-bond acceptors (Lipinski definition) is 3. The molecule has 0 atom stereocenters. The van der Waals surface area contributed by atoms with Crippen molar-refractivity contribution in [1.29, 1.82) is 0 Å². The summed E-state index contributed by atoms with van der Waals surface area (Å²) in [5.41, 5.74) is 0.141. The third-order valence-corrected chi connectivity index (χ3v) is 3.80. The number of carbonyl (C=O) groups is 1. The largest absolute Gasteiger partial charge is 0.507 e. The van der Waals surface area contributed by atoms with E-state index < -0.39 is 29.2 Å². The lowest BCUT2D eigenvalue weighted by Crippen LogP contribution is -2.08. The summed E-state index contributed by atoms with van der Waals surface area (Å²) in [6.45, 7) is 1.85. The van der Waals surface area contributed by atoms with Crippen LogP contribution in [0.3, 0.4) is 0 Å². The highest BCUT2D eigenvalue weighted by Gasteiger charge is 2.35. The SMILES string of the molecule is Cc1ccc(-c2cc(C(F)(F)F)nn2-c2ccc(O)c(C(=O)O)c2)cc1. The first-order valence-electron chi connectivity index (χ1n) is 7.48. The minimum atomic E-state index is -4.66. The molecule has 0 bridgehead atoms. The van der Waals surface area contributed by atoms with Gasteiger partial charge in [0.25, 0.3) is 0 Å². The number of aromatic carboxylic acids is 1. The lowest BCUT2D eigenvalue weighted by Gasteiger charge is -2.09. The van der Waals surface area contributed by atoms with E-state index in [0.29, 0.717) is 5.56 Å². The van der Waals surface area contributed by atoms with Gasteiger partial charge in [-0.15, -0.1) is 0 Å². The Labute approximate surface area is 145 Å². The van der Waals surface area contributed by atoms with E-state index in [9.17, 15) is 23.1 Å². The summed E-state index contributed by atoms with van der Waals surface area (Å²) < 4.78 is 40.4. The van der Waals surface area contributed by atoms with Crippen molar-refractivity contribution in [3.63, 3.8) is 0 Å². The van der Waals surface area contributed by atoms with Gasteiger partial charge in [-0.3, -0.25) is 0 Å². The first kappa shape index (κ1) is 17.5. The van der Waals surface area contributed by atoms with Gasteiger partial charge in [0.2, 0.25) is 0 Å². The molecule has 134 valence electrons. The predicted molar refractivity (Wildman–Crippen MR) is 87.4 cm³/mol. The van der Waals surface area contributed by atoms with Gasteiger partial charge in [-0.1, -0.05) is 29.8 Å². The molecule has 1 aromatic heterocycles. The van der Waals surface area contributed by atoms with Crippen molar-refractivity contribution < 1.29 is 28.2 Å². The third-order valence-electron chi connectivity index (χ3n) is 3.80. The number of alkyl halides is 3. The molecule has 0 saturated heterocycles. The molecule has 26 heavy (non-hydrogen) atoms. The number of aromatic hydroxyl groups is 1. The monoisotopic (exact) mass is 362 g/mol. The quantitative estimate of drug-likeness (QED) is 0.730. The van der Waals surface area contributed by atoms with Crippen molar-refractivity contribution in [1.82, 2.24) is 9.78 Å². The Morgan fingerprint density at radius 1 is 1.08 bits per heavy atom. The zero-order chi connectivity index (χ0) is 19.1. The summed E-state index contributed by atoms with van der Waals surface area (Å²) >= 11 is 0. The smallest absolute Gasteiger partial charge is 0.435 e. The lowest BCUT2D eigenvalue weighted by atomic mass is 10.1. The van der Waals surface area contributed by atoms with Crippen LogP contribution in [-0.2, 0) is 6.18 Å². The number of carboxylic acids is 1. The Morgan fingerprint density at radius 3 is 2.31 bits per heavy atom. The highest BCUT2D eigenvalue weighted by Crippen LogP contribution is 2.34. The van der Waals surface area contributed by atoms with Crippen molar-refractivity contribution >= 4 is 5.97 Å². The number of aromatic nitrogens is 2. The second-order valence-corrected chi connectivity index (χ2v) is 5.70. The highest BCUT2D eigenvalue weighted by atomic mass is 19.4. The second kappa shape index (κ2) is 6.21. The molecule has 0 spiro atoms. The number of hydrogen-bond donors (Lipinski definition) is 2. The van der Waals surface area contributed by atoms with E-state index in [1.807, 2.05) is 6.92 Å². The van der Waals surface area contributed by atoms with Crippen LogP contribution in [0.5, 0.6) is 5.75 Å². The van der Waals surface area contributed by atoms with Gasteiger partial charge < -0.3 is 10.2 Å². The molecule has 3 aromatic rings. The fraction of sp³-hybridized carbons (Fsp3) is 0.111. The van der Waals surface area contributed by atoms with Crippen LogP contribution in [-0.4, -0.2) is 26.0 Å². The second-order valence-electron chi connectivity index (χ2n) is 5.70. The normalized spacial score (nSPS) is 11.5. The Kier molecular flexibility index (Phi) is 4.19. The lowest BCUT2D eigenvalue weighted by molar-refractivity contribution is -0.141. The van der Waals surface area contributed by atoms with Gasteiger partial charge in [-0.25, -0.2) is 9.48 Å². The fourth-order valence-corrected chi connectivity index (χ4v) is 2.47. The van der Waals surface area contributed by atoms with Gasteiger partial charge >= 0.3 is 12.1 Å². The van der Waals surface area contributed by atoms with Crippen LogP contribution in [0.2, 0.25) is 0 Å². The van der Waals surface area contributed by atoms with E-state index >= 15 is 0 Å². The molecule has 0 amide bonds. The number of halogens is 3. The topological polar surface area (TPSA) is 75.3 Å². The molecule has 0 aliphatic heterocycles. The Bertz CT molecular complexity index is 976.